The minimum atomic E-state index is -0.0198. The zero-order valence-electron chi connectivity index (χ0n) is 13.6. The summed E-state index contributed by atoms with van der Waals surface area (Å²) in [6.07, 6.45) is 9.51. The van der Waals surface area contributed by atoms with Crippen LogP contribution in [0.2, 0.25) is 0 Å². The van der Waals surface area contributed by atoms with E-state index in [1.807, 2.05) is 0 Å². The van der Waals surface area contributed by atoms with Crippen LogP contribution in [0.15, 0.2) is 10.6 Å². The highest BCUT2D eigenvalue weighted by Crippen LogP contribution is 2.35. The van der Waals surface area contributed by atoms with Crippen LogP contribution in [0.3, 0.4) is 0 Å². The molecule has 2 rings (SSSR count). The summed E-state index contributed by atoms with van der Waals surface area (Å²) in [7, 11) is 5.56. The van der Waals surface area contributed by atoms with Gasteiger partial charge in [0.15, 0.2) is 7.85 Å². The highest BCUT2D eigenvalue weighted by molar-refractivity contribution is 6.29. The molecule has 0 N–H and O–H groups in total. The fourth-order valence-electron chi connectivity index (χ4n) is 3.12. The third-order valence-corrected chi connectivity index (χ3v) is 4.52. The molecule has 0 spiro atoms. The number of esters is 1. The van der Waals surface area contributed by atoms with Crippen LogP contribution in [0.4, 0.5) is 0 Å². The Balaban J connectivity index is 1.62. The summed E-state index contributed by atoms with van der Waals surface area (Å²) in [5.74, 6) is 0.392. The van der Waals surface area contributed by atoms with Gasteiger partial charge in [-0.05, 0) is 38.2 Å². The first-order chi connectivity index (χ1) is 10.7. The van der Waals surface area contributed by atoms with Gasteiger partial charge in [0.25, 0.3) is 0 Å². The molecule has 0 aromatic carbocycles. The fraction of sp³-hybridized carbons (Fsp3) is 0.765. The van der Waals surface area contributed by atoms with Crippen molar-refractivity contribution in [3.05, 3.63) is 11.8 Å². The second kappa shape index (κ2) is 9.01. The van der Waals surface area contributed by atoms with Crippen molar-refractivity contribution in [1.82, 2.24) is 5.16 Å². The molecule has 0 saturated heterocycles. The van der Waals surface area contributed by atoms with Gasteiger partial charge < -0.3 is 9.26 Å². The third-order valence-electron chi connectivity index (χ3n) is 4.52. The van der Waals surface area contributed by atoms with Gasteiger partial charge in [-0.2, -0.15) is 0 Å². The van der Waals surface area contributed by atoms with Crippen molar-refractivity contribution in [1.29, 1.82) is 0 Å². The summed E-state index contributed by atoms with van der Waals surface area (Å²) < 4.78 is 10.3. The zero-order valence-corrected chi connectivity index (χ0v) is 13.6. The van der Waals surface area contributed by atoms with E-state index in [9.17, 15) is 4.79 Å². The molecular weight excluding hydrogens is 277 g/mol. The molecule has 0 unspecified atom stereocenters. The Labute approximate surface area is 134 Å². The van der Waals surface area contributed by atoms with Crippen LogP contribution in [0.1, 0.15) is 76.3 Å². The van der Waals surface area contributed by atoms with Crippen LogP contribution >= 0.6 is 0 Å². The van der Waals surface area contributed by atoms with E-state index in [1.165, 1.54) is 19.3 Å². The normalized spacial score (nSPS) is 21.7. The lowest BCUT2D eigenvalue weighted by Crippen LogP contribution is -2.23. The molecule has 1 fully saturated rings. The largest absolute Gasteiger partial charge is 0.465 e. The van der Waals surface area contributed by atoms with E-state index >= 15 is 0 Å². The second-order valence-corrected chi connectivity index (χ2v) is 6.28. The number of unbranched alkanes of at least 4 members (excludes halogenated alkanes) is 4. The van der Waals surface area contributed by atoms with Gasteiger partial charge in [-0.1, -0.05) is 37.8 Å². The van der Waals surface area contributed by atoms with Gasteiger partial charge in [-0.15, -0.1) is 0 Å². The number of rotatable bonds is 8. The molecule has 0 amide bonds. The molecule has 1 aromatic rings. The van der Waals surface area contributed by atoms with E-state index in [1.54, 1.807) is 6.07 Å². The van der Waals surface area contributed by atoms with Gasteiger partial charge in [0, 0.05) is 5.92 Å². The average Bonchev–Trinajstić information content (AvgIpc) is 2.97. The topological polar surface area (TPSA) is 52.3 Å². The zero-order chi connectivity index (χ0) is 15.8. The molecule has 2 radical (unpaired) electrons. The Morgan fingerprint density at radius 2 is 2.00 bits per heavy atom. The molecule has 1 aliphatic carbocycles. The molecule has 0 aliphatic heterocycles. The predicted octanol–water partition coefficient (Wildman–Crippen LogP) is 3.26. The second-order valence-electron chi connectivity index (χ2n) is 6.28. The number of carbonyl (C=O) groups is 1. The maximum Gasteiger partial charge on any atom is 0.308 e. The van der Waals surface area contributed by atoms with Crippen molar-refractivity contribution in [3.8, 4) is 0 Å². The van der Waals surface area contributed by atoms with E-state index in [0.29, 0.717) is 18.2 Å². The smallest absolute Gasteiger partial charge is 0.308 e. The predicted molar refractivity (Wildman–Crippen MR) is 86.3 cm³/mol. The van der Waals surface area contributed by atoms with Crippen molar-refractivity contribution >= 4 is 19.5 Å². The molecule has 1 heterocycles. The standard InChI is InChI=1S/C17H26BNO3/c1-2-3-4-5-6-11-21-17(20)14-9-7-13(8-10-14)15-12-16(18)22-19-15/h12-14H,2-11H2,1H3. The summed E-state index contributed by atoms with van der Waals surface area (Å²) >= 11 is 0. The summed E-state index contributed by atoms with van der Waals surface area (Å²) in [6.45, 7) is 2.77. The van der Waals surface area contributed by atoms with Crippen molar-refractivity contribution in [3.63, 3.8) is 0 Å². The Morgan fingerprint density at radius 3 is 2.64 bits per heavy atom. The lowest BCUT2D eigenvalue weighted by Gasteiger charge is -2.25. The first kappa shape index (κ1) is 17.1. The Bertz CT molecular complexity index is 453. The van der Waals surface area contributed by atoms with Crippen LogP contribution < -0.4 is 5.66 Å². The highest BCUT2D eigenvalue weighted by Gasteiger charge is 2.29. The lowest BCUT2D eigenvalue weighted by molar-refractivity contribution is -0.149. The molecule has 1 aliphatic rings. The van der Waals surface area contributed by atoms with Crippen molar-refractivity contribution < 1.29 is 14.1 Å². The van der Waals surface area contributed by atoms with E-state index < -0.39 is 0 Å². The molecule has 4 nitrogen and oxygen atoms in total. The van der Waals surface area contributed by atoms with Gasteiger partial charge in [0.1, 0.15) is 0 Å². The summed E-state index contributed by atoms with van der Waals surface area (Å²) in [6, 6.07) is 1.79. The quantitative estimate of drug-likeness (QED) is 0.420. The summed E-state index contributed by atoms with van der Waals surface area (Å²) in [5, 5.41) is 3.98. The Morgan fingerprint density at radius 1 is 1.27 bits per heavy atom. The Hall–Kier alpha value is -1.26. The van der Waals surface area contributed by atoms with Gasteiger partial charge >= 0.3 is 5.97 Å². The maximum absolute atomic E-state index is 12.1. The van der Waals surface area contributed by atoms with Gasteiger partial charge in [0.2, 0.25) is 0 Å². The van der Waals surface area contributed by atoms with Gasteiger partial charge in [0.05, 0.1) is 23.9 Å². The lowest BCUT2D eigenvalue weighted by atomic mass is 9.80. The first-order valence-electron chi connectivity index (χ1n) is 8.59. The number of aromatic nitrogens is 1. The molecule has 22 heavy (non-hydrogen) atoms. The number of ether oxygens (including phenoxy) is 1. The van der Waals surface area contributed by atoms with Gasteiger partial charge in [-0.3, -0.25) is 4.79 Å². The van der Waals surface area contributed by atoms with Crippen LogP contribution in [0.25, 0.3) is 0 Å². The van der Waals surface area contributed by atoms with Crippen LogP contribution in [0, 0.1) is 5.92 Å². The van der Waals surface area contributed by atoms with Crippen molar-refractivity contribution in [2.45, 2.75) is 70.6 Å². The number of hydrogen-bond acceptors (Lipinski definition) is 4. The maximum atomic E-state index is 12.1. The molecule has 120 valence electrons. The van der Waals surface area contributed by atoms with E-state index in [4.69, 9.17) is 17.1 Å². The summed E-state index contributed by atoms with van der Waals surface area (Å²) in [5.41, 5.74) is 1.28. The van der Waals surface area contributed by atoms with Crippen LogP contribution in [-0.2, 0) is 9.53 Å². The highest BCUT2D eigenvalue weighted by atomic mass is 16.5. The van der Waals surface area contributed by atoms with Crippen LogP contribution in [0.5, 0.6) is 0 Å². The van der Waals surface area contributed by atoms with Gasteiger partial charge in [-0.25, -0.2) is 0 Å². The van der Waals surface area contributed by atoms with E-state index in [2.05, 4.69) is 12.1 Å². The van der Waals surface area contributed by atoms with Crippen LogP contribution in [-0.4, -0.2) is 25.6 Å². The third kappa shape index (κ3) is 5.18. The van der Waals surface area contributed by atoms with E-state index in [-0.39, 0.29) is 11.9 Å². The molecule has 0 bridgehead atoms. The first-order valence-corrected chi connectivity index (χ1v) is 8.59. The Kier molecular flexibility index (Phi) is 7.01. The average molecular weight is 303 g/mol. The molecular formula is C17H26BNO3. The molecule has 1 aromatic heterocycles. The van der Waals surface area contributed by atoms with Crippen molar-refractivity contribution in [2.24, 2.45) is 5.92 Å². The van der Waals surface area contributed by atoms with Crippen molar-refractivity contribution in [2.75, 3.05) is 6.61 Å². The minimum absolute atomic E-state index is 0.0198. The van der Waals surface area contributed by atoms with E-state index in [0.717, 1.165) is 44.2 Å². The number of nitrogens with zero attached hydrogens (tertiary/aromatic N) is 1. The monoisotopic (exact) mass is 303 g/mol. The fourth-order valence-corrected chi connectivity index (χ4v) is 3.12. The minimum Gasteiger partial charge on any atom is -0.465 e. The number of hydrogen-bond donors (Lipinski definition) is 0. The molecule has 1 saturated carbocycles. The number of carbonyl (C=O) groups excluding carboxylic acids is 1. The molecule has 0 atom stereocenters. The SMILES string of the molecule is [B]c1cc(C2CCC(C(=O)OCCCCCCC)CC2)no1. The molecule has 5 heteroatoms. The summed E-state index contributed by atoms with van der Waals surface area (Å²) in [4.78, 5) is 12.1.